The molecule has 4 rings (SSSR count). The first-order valence-electron chi connectivity index (χ1n) is 13.5. The van der Waals surface area contributed by atoms with Gasteiger partial charge in [0.05, 0.1) is 6.10 Å². The summed E-state index contributed by atoms with van der Waals surface area (Å²) in [5, 5.41) is 3.02. The summed E-state index contributed by atoms with van der Waals surface area (Å²) in [6.45, 7) is 17.0. The number of ether oxygens (including phenoxy) is 1. The molecular formula is C29H44N4O4. The topological polar surface area (TPSA) is 82.2 Å². The molecule has 3 saturated heterocycles. The average Bonchev–Trinajstić information content (AvgIpc) is 3.38. The van der Waals surface area contributed by atoms with E-state index in [1.54, 1.807) is 4.90 Å². The highest BCUT2D eigenvalue weighted by Crippen LogP contribution is 2.42. The third kappa shape index (κ3) is 6.17. The van der Waals surface area contributed by atoms with Crippen molar-refractivity contribution in [3.63, 3.8) is 0 Å². The van der Waals surface area contributed by atoms with Crippen molar-refractivity contribution in [1.82, 2.24) is 15.1 Å². The number of nitrogens with one attached hydrogen (secondary N) is 1. The third-order valence-corrected chi connectivity index (χ3v) is 8.00. The molecule has 1 aromatic carbocycles. The number of nitrogens with zero attached hydrogens (tertiary/aromatic N) is 3. The first kappa shape index (κ1) is 27.6. The Morgan fingerprint density at radius 2 is 1.65 bits per heavy atom. The fraction of sp³-hybridized carbons (Fsp3) is 0.690. The van der Waals surface area contributed by atoms with E-state index in [9.17, 15) is 14.4 Å². The van der Waals surface area contributed by atoms with Gasteiger partial charge in [0.15, 0.2) is 5.78 Å². The summed E-state index contributed by atoms with van der Waals surface area (Å²) < 4.78 is 5.87. The number of hydrogen-bond acceptors (Lipinski definition) is 6. The Morgan fingerprint density at radius 3 is 2.22 bits per heavy atom. The SMILES string of the molecule is CN1CCN(c2ccc(C(=O)N[C@@H](CC(C)(C)C)C(=O)N3C[C@@H](C(C)(C)C)[C@H]4OCC(=O)[C@H]43)cc2)CC1. The highest BCUT2D eigenvalue weighted by molar-refractivity contribution is 5.99. The molecule has 3 aliphatic heterocycles. The second kappa shape index (κ2) is 10.4. The van der Waals surface area contributed by atoms with Crippen molar-refractivity contribution in [2.24, 2.45) is 16.7 Å². The summed E-state index contributed by atoms with van der Waals surface area (Å²) in [4.78, 5) is 46.3. The van der Waals surface area contributed by atoms with Gasteiger partial charge in [-0.05, 0) is 48.6 Å². The minimum Gasteiger partial charge on any atom is -0.369 e. The van der Waals surface area contributed by atoms with Gasteiger partial charge in [0.2, 0.25) is 5.91 Å². The predicted octanol–water partition coefficient (Wildman–Crippen LogP) is 2.81. The van der Waals surface area contributed by atoms with E-state index in [1.807, 2.05) is 24.3 Å². The van der Waals surface area contributed by atoms with Gasteiger partial charge in [-0.3, -0.25) is 14.4 Å². The normalized spacial score (nSPS) is 25.8. The highest BCUT2D eigenvalue weighted by Gasteiger charge is 2.56. The average molecular weight is 513 g/mol. The van der Waals surface area contributed by atoms with Crippen molar-refractivity contribution in [2.45, 2.75) is 66.2 Å². The minimum atomic E-state index is -0.724. The number of carbonyl (C=O) groups is 3. The fourth-order valence-electron chi connectivity index (χ4n) is 5.79. The molecule has 1 N–H and O–H groups in total. The van der Waals surface area contributed by atoms with Crippen LogP contribution in [0.3, 0.4) is 0 Å². The van der Waals surface area contributed by atoms with Gasteiger partial charge in [-0.1, -0.05) is 41.5 Å². The molecule has 3 aliphatic rings. The molecule has 8 nitrogen and oxygen atoms in total. The molecule has 1 aromatic rings. The van der Waals surface area contributed by atoms with Crippen LogP contribution >= 0.6 is 0 Å². The molecule has 0 bridgehead atoms. The molecule has 37 heavy (non-hydrogen) atoms. The number of fused-ring (bicyclic) bond motifs is 1. The zero-order valence-corrected chi connectivity index (χ0v) is 23.5. The number of amides is 2. The molecule has 0 aliphatic carbocycles. The second-order valence-electron chi connectivity index (χ2n) is 13.3. The number of Topliss-reactive ketones (excluding diaryl/α,β-unsaturated/α-hetero) is 1. The van der Waals surface area contributed by atoms with Crippen molar-refractivity contribution in [1.29, 1.82) is 0 Å². The molecule has 8 heteroatoms. The summed E-state index contributed by atoms with van der Waals surface area (Å²) >= 11 is 0. The van der Waals surface area contributed by atoms with Crippen LogP contribution in [-0.2, 0) is 14.3 Å². The molecule has 204 valence electrons. The van der Waals surface area contributed by atoms with Crippen LogP contribution < -0.4 is 10.2 Å². The van der Waals surface area contributed by atoms with Crippen LogP contribution in [0.1, 0.15) is 58.3 Å². The van der Waals surface area contributed by atoms with Gasteiger partial charge in [0.25, 0.3) is 5.91 Å². The second-order valence-corrected chi connectivity index (χ2v) is 13.3. The Balaban J connectivity index is 1.50. The summed E-state index contributed by atoms with van der Waals surface area (Å²) in [5.41, 5.74) is 1.31. The number of piperazine rings is 1. The number of likely N-dealkylation sites (N-methyl/N-ethyl adjacent to an activating group) is 1. The Bertz CT molecular complexity index is 1000. The number of rotatable bonds is 5. The number of benzene rings is 1. The van der Waals surface area contributed by atoms with Crippen molar-refractivity contribution in [3.05, 3.63) is 29.8 Å². The number of ketones is 1. The minimum absolute atomic E-state index is 0.0433. The summed E-state index contributed by atoms with van der Waals surface area (Å²) in [6, 6.07) is 6.33. The molecule has 3 heterocycles. The van der Waals surface area contributed by atoms with Crippen LogP contribution in [0, 0.1) is 16.7 Å². The Labute approximate surface area is 221 Å². The van der Waals surface area contributed by atoms with E-state index in [0.717, 1.165) is 31.9 Å². The molecule has 0 aromatic heterocycles. The fourth-order valence-corrected chi connectivity index (χ4v) is 5.79. The Kier molecular flexibility index (Phi) is 7.73. The number of likely N-dealkylation sites (tertiary alicyclic amines) is 1. The lowest BCUT2D eigenvalue weighted by molar-refractivity contribution is -0.138. The van der Waals surface area contributed by atoms with Crippen LogP contribution in [0.2, 0.25) is 0 Å². The lowest BCUT2D eigenvalue weighted by Crippen LogP contribution is -2.53. The van der Waals surface area contributed by atoms with E-state index in [2.05, 4.69) is 63.7 Å². The van der Waals surface area contributed by atoms with Crippen LogP contribution in [0.25, 0.3) is 0 Å². The third-order valence-electron chi connectivity index (χ3n) is 8.00. The van der Waals surface area contributed by atoms with E-state index in [4.69, 9.17) is 4.74 Å². The standard InChI is InChI=1S/C29H44N4O4/c1-28(2,3)16-22(27(36)33-17-21(29(4,5)6)25-24(33)23(34)18-37-25)30-26(35)19-8-10-20(11-9-19)32-14-12-31(7)13-15-32/h8-11,21-22,24-25H,12-18H2,1-7H3,(H,30,35)/t21-,22+,24-,25-/m1/s1. The smallest absolute Gasteiger partial charge is 0.251 e. The molecule has 0 unspecified atom stereocenters. The number of hydrogen-bond donors (Lipinski definition) is 1. The van der Waals surface area contributed by atoms with E-state index >= 15 is 0 Å². The van der Waals surface area contributed by atoms with Gasteiger partial charge in [-0.15, -0.1) is 0 Å². The zero-order chi connectivity index (χ0) is 27.1. The Morgan fingerprint density at radius 1 is 1.03 bits per heavy atom. The van der Waals surface area contributed by atoms with Crippen LogP contribution in [0.15, 0.2) is 24.3 Å². The van der Waals surface area contributed by atoms with Crippen molar-refractivity contribution in [2.75, 3.05) is 51.3 Å². The van der Waals surface area contributed by atoms with Crippen LogP contribution in [0.5, 0.6) is 0 Å². The molecule has 0 saturated carbocycles. The maximum Gasteiger partial charge on any atom is 0.251 e. The van der Waals surface area contributed by atoms with Gasteiger partial charge in [0.1, 0.15) is 18.7 Å². The maximum absolute atomic E-state index is 13.9. The quantitative estimate of drug-likeness (QED) is 0.654. The van der Waals surface area contributed by atoms with Crippen molar-refractivity contribution >= 4 is 23.3 Å². The predicted molar refractivity (Wildman–Crippen MR) is 145 cm³/mol. The summed E-state index contributed by atoms with van der Waals surface area (Å²) in [7, 11) is 2.13. The lowest BCUT2D eigenvalue weighted by Gasteiger charge is -2.34. The highest BCUT2D eigenvalue weighted by atomic mass is 16.5. The van der Waals surface area contributed by atoms with E-state index in [1.165, 1.54) is 0 Å². The molecule has 0 radical (unpaired) electrons. The molecule has 2 amide bonds. The first-order valence-corrected chi connectivity index (χ1v) is 13.5. The maximum atomic E-state index is 13.9. The van der Waals surface area contributed by atoms with Gasteiger partial charge in [0, 0.05) is 49.9 Å². The van der Waals surface area contributed by atoms with E-state index in [0.29, 0.717) is 18.5 Å². The lowest BCUT2D eigenvalue weighted by atomic mass is 9.78. The molecule has 3 fully saturated rings. The summed E-state index contributed by atoms with van der Waals surface area (Å²) in [5.74, 6) is -0.464. The van der Waals surface area contributed by atoms with Gasteiger partial charge in [-0.25, -0.2) is 0 Å². The molecule has 0 spiro atoms. The van der Waals surface area contributed by atoms with Gasteiger partial charge >= 0.3 is 0 Å². The van der Waals surface area contributed by atoms with E-state index < -0.39 is 12.1 Å². The number of anilines is 1. The first-order chi connectivity index (χ1) is 17.2. The zero-order valence-electron chi connectivity index (χ0n) is 23.5. The molecular weight excluding hydrogens is 468 g/mol. The monoisotopic (exact) mass is 512 g/mol. The Hall–Kier alpha value is -2.45. The van der Waals surface area contributed by atoms with E-state index in [-0.39, 0.29) is 47.1 Å². The van der Waals surface area contributed by atoms with Crippen molar-refractivity contribution < 1.29 is 19.1 Å². The largest absolute Gasteiger partial charge is 0.369 e. The van der Waals surface area contributed by atoms with Gasteiger partial charge in [-0.2, -0.15) is 0 Å². The number of carbonyl (C=O) groups excluding carboxylic acids is 3. The molecule has 4 atom stereocenters. The van der Waals surface area contributed by atoms with Crippen LogP contribution in [-0.4, -0.2) is 92.0 Å². The van der Waals surface area contributed by atoms with Crippen molar-refractivity contribution in [3.8, 4) is 0 Å². The van der Waals surface area contributed by atoms with Gasteiger partial charge < -0.3 is 24.8 Å². The summed E-state index contributed by atoms with van der Waals surface area (Å²) in [6.07, 6.45) is 0.185. The van der Waals surface area contributed by atoms with Crippen LogP contribution in [0.4, 0.5) is 5.69 Å².